The zero-order valence-electron chi connectivity index (χ0n) is 23.4. The van der Waals surface area contributed by atoms with E-state index in [4.69, 9.17) is 37.9 Å². The van der Waals surface area contributed by atoms with Crippen LogP contribution in [0.2, 0.25) is 0 Å². The van der Waals surface area contributed by atoms with Crippen LogP contribution in [0.15, 0.2) is 53.6 Å². The number of fused-ring (bicyclic) bond motifs is 3. The van der Waals surface area contributed by atoms with E-state index < -0.39 is 35.8 Å². The van der Waals surface area contributed by atoms with Crippen molar-refractivity contribution in [2.24, 2.45) is 16.8 Å². The number of hydrogen-bond acceptors (Lipinski definition) is 11. The first-order valence-corrected chi connectivity index (χ1v) is 12.8. The molecule has 1 aliphatic carbocycles. The lowest BCUT2D eigenvalue weighted by Crippen LogP contribution is -2.37. The quantitative estimate of drug-likeness (QED) is 0.154. The summed E-state index contributed by atoms with van der Waals surface area (Å²) >= 11 is 0. The van der Waals surface area contributed by atoms with Gasteiger partial charge in [-0.3, -0.25) is 9.79 Å². The van der Waals surface area contributed by atoms with E-state index in [9.17, 15) is 9.59 Å². The van der Waals surface area contributed by atoms with Gasteiger partial charge < -0.3 is 37.9 Å². The van der Waals surface area contributed by atoms with Gasteiger partial charge in [-0.2, -0.15) is 0 Å². The van der Waals surface area contributed by atoms with Gasteiger partial charge in [0.05, 0.1) is 41.0 Å². The maximum atomic E-state index is 13.5. The Morgan fingerprint density at radius 3 is 2.20 bits per heavy atom. The summed E-state index contributed by atoms with van der Waals surface area (Å²) in [5.41, 5.74) is 2.18. The second-order valence-corrected chi connectivity index (χ2v) is 9.47. The van der Waals surface area contributed by atoms with E-state index >= 15 is 0 Å². The Morgan fingerprint density at radius 2 is 1.63 bits per heavy atom. The number of ether oxygens (including phenoxy) is 8. The van der Waals surface area contributed by atoms with Crippen molar-refractivity contribution in [2.45, 2.75) is 12.0 Å². The van der Waals surface area contributed by atoms with Crippen LogP contribution in [0.4, 0.5) is 0 Å². The maximum Gasteiger partial charge on any atom is 0.344 e. The third-order valence-electron chi connectivity index (χ3n) is 7.53. The maximum absolute atomic E-state index is 13.5. The highest BCUT2D eigenvalue weighted by atomic mass is 16.7. The number of carbonyl (C=O) groups excluding carboxylic acids is 2. The summed E-state index contributed by atoms with van der Waals surface area (Å²) in [5, 5.41) is 0. The van der Waals surface area contributed by atoms with Crippen LogP contribution in [-0.4, -0.2) is 66.7 Å². The molecule has 0 unspecified atom stereocenters. The van der Waals surface area contributed by atoms with Crippen LogP contribution in [0.1, 0.15) is 28.7 Å². The monoisotopic (exact) mass is 565 g/mol. The molecule has 0 bridgehead atoms. The Kier molecular flexibility index (Phi) is 7.78. The topological polar surface area (TPSA) is 120 Å². The lowest BCUT2D eigenvalue weighted by Gasteiger charge is -2.38. The van der Waals surface area contributed by atoms with Crippen LogP contribution in [-0.2, 0) is 23.8 Å². The Hall–Kier alpha value is -4.67. The SMILES string of the molecule is C=C/C=C(/C(=O)O[C@H]1c2cc3c(cc2[C@@H](c2cc(OC)c(OC)c(OC)c2)[C@H]2C(=O)OC[C@@H]21)OCO3)C(=NC)OC. The van der Waals surface area contributed by atoms with Crippen molar-refractivity contribution < 1.29 is 47.5 Å². The van der Waals surface area contributed by atoms with Gasteiger partial charge in [0.25, 0.3) is 0 Å². The fourth-order valence-electron chi connectivity index (χ4n) is 5.79. The van der Waals surface area contributed by atoms with Crippen LogP contribution in [0.5, 0.6) is 28.7 Å². The van der Waals surface area contributed by atoms with E-state index in [1.165, 1.54) is 47.6 Å². The molecule has 11 nitrogen and oxygen atoms in total. The molecule has 2 heterocycles. The fraction of sp³-hybridized carbons (Fsp3) is 0.367. The van der Waals surface area contributed by atoms with E-state index in [2.05, 4.69) is 11.6 Å². The van der Waals surface area contributed by atoms with Crippen LogP contribution in [0.3, 0.4) is 0 Å². The van der Waals surface area contributed by atoms with Crippen molar-refractivity contribution in [1.82, 2.24) is 0 Å². The number of rotatable bonds is 8. The van der Waals surface area contributed by atoms with E-state index in [-0.39, 0.29) is 24.9 Å². The zero-order chi connectivity index (χ0) is 29.3. The first kappa shape index (κ1) is 27.9. The first-order valence-electron chi connectivity index (χ1n) is 12.8. The normalized spacial score (nSPS) is 22.7. The van der Waals surface area contributed by atoms with E-state index in [0.29, 0.717) is 39.9 Å². The Bertz CT molecular complexity index is 1420. The van der Waals surface area contributed by atoms with E-state index in [1.807, 2.05) is 18.2 Å². The smallest absolute Gasteiger partial charge is 0.344 e. The van der Waals surface area contributed by atoms with Crippen LogP contribution >= 0.6 is 0 Å². The predicted molar refractivity (Wildman–Crippen MR) is 146 cm³/mol. The molecule has 2 aromatic rings. The molecule has 216 valence electrons. The van der Waals surface area contributed by atoms with Crippen molar-refractivity contribution in [3.05, 3.63) is 65.3 Å². The highest BCUT2D eigenvalue weighted by Gasteiger charge is 2.54. The lowest BCUT2D eigenvalue weighted by molar-refractivity contribution is -0.149. The number of cyclic esters (lactones) is 1. The molecule has 0 radical (unpaired) electrons. The number of carbonyl (C=O) groups is 2. The summed E-state index contributed by atoms with van der Waals surface area (Å²) in [5.74, 6) is -0.425. The molecule has 0 N–H and O–H groups in total. The molecule has 3 aliphatic rings. The minimum atomic E-state index is -0.857. The third-order valence-corrected chi connectivity index (χ3v) is 7.53. The number of hydrogen-bond donors (Lipinski definition) is 0. The molecular formula is C30H31NO10. The third kappa shape index (κ3) is 4.71. The lowest BCUT2D eigenvalue weighted by atomic mass is 9.66. The fourth-order valence-corrected chi connectivity index (χ4v) is 5.79. The molecule has 1 fully saturated rings. The van der Waals surface area contributed by atoms with Gasteiger partial charge in [0.15, 0.2) is 23.0 Å². The van der Waals surface area contributed by atoms with Gasteiger partial charge in [-0.05, 0) is 41.5 Å². The van der Waals surface area contributed by atoms with Crippen LogP contribution in [0.25, 0.3) is 0 Å². The number of nitrogens with zero attached hydrogens (tertiary/aromatic N) is 1. The summed E-state index contributed by atoms with van der Waals surface area (Å²) in [6, 6.07) is 7.23. The summed E-state index contributed by atoms with van der Waals surface area (Å²) in [6.45, 7) is 3.78. The number of benzene rings is 2. The van der Waals surface area contributed by atoms with Crippen LogP contribution in [0, 0.1) is 11.8 Å². The molecule has 11 heteroatoms. The highest BCUT2D eigenvalue weighted by Crippen LogP contribution is 2.56. The van der Waals surface area contributed by atoms with Gasteiger partial charge in [0.2, 0.25) is 18.4 Å². The predicted octanol–water partition coefficient (Wildman–Crippen LogP) is 3.75. The van der Waals surface area contributed by atoms with Gasteiger partial charge in [-0.25, -0.2) is 4.79 Å². The summed E-state index contributed by atoms with van der Waals surface area (Å²) in [7, 11) is 7.48. The van der Waals surface area contributed by atoms with Gasteiger partial charge in [0, 0.05) is 24.4 Å². The molecule has 2 aromatic carbocycles. The number of allylic oxidation sites excluding steroid dienone is 2. The van der Waals surface area contributed by atoms with Crippen molar-refractivity contribution in [2.75, 3.05) is 48.9 Å². The summed E-state index contributed by atoms with van der Waals surface area (Å²) in [6.07, 6.45) is 2.05. The first-order chi connectivity index (χ1) is 19.9. The minimum absolute atomic E-state index is 0.0445. The Labute approximate surface area is 237 Å². The minimum Gasteiger partial charge on any atom is -0.493 e. The summed E-state index contributed by atoms with van der Waals surface area (Å²) in [4.78, 5) is 30.9. The van der Waals surface area contributed by atoms with Crippen molar-refractivity contribution in [1.29, 1.82) is 0 Å². The van der Waals surface area contributed by atoms with E-state index in [0.717, 1.165) is 5.56 Å². The average Bonchev–Trinajstić information content (AvgIpc) is 3.61. The molecular weight excluding hydrogens is 534 g/mol. The molecule has 0 spiro atoms. The second kappa shape index (κ2) is 11.4. The van der Waals surface area contributed by atoms with E-state index in [1.54, 1.807) is 6.07 Å². The zero-order valence-corrected chi connectivity index (χ0v) is 23.4. The van der Waals surface area contributed by atoms with Crippen molar-refractivity contribution in [3.8, 4) is 28.7 Å². The standard InChI is InChI=1S/C30H31NO10/c1-7-8-16(28(31-2)37-6)29(32)41-26-18-12-21-20(39-14-40-21)11-17(18)24(25-19(26)13-38-30(25)33)15-9-22(34-3)27(36-5)23(10-15)35-4/h7-12,19,24-26H,1,13-14H2,2-6H3/b16-8+,31-28?/t19-,24+,25-,26-/m0/s1. The molecule has 4 atom stereocenters. The molecule has 41 heavy (non-hydrogen) atoms. The summed E-state index contributed by atoms with van der Waals surface area (Å²) < 4.78 is 45.1. The molecule has 2 aliphatic heterocycles. The van der Waals surface area contributed by atoms with Gasteiger partial charge >= 0.3 is 11.9 Å². The molecule has 1 saturated heterocycles. The Morgan fingerprint density at radius 1 is 0.976 bits per heavy atom. The molecule has 0 aromatic heterocycles. The number of aliphatic imine (C=N–C) groups is 1. The molecule has 5 rings (SSSR count). The average molecular weight is 566 g/mol. The van der Waals surface area contributed by atoms with Crippen molar-refractivity contribution >= 4 is 17.8 Å². The molecule has 0 amide bonds. The Balaban J connectivity index is 1.68. The second-order valence-electron chi connectivity index (χ2n) is 9.47. The van der Waals surface area contributed by atoms with Gasteiger partial charge in [0.1, 0.15) is 11.7 Å². The highest BCUT2D eigenvalue weighted by molar-refractivity contribution is 6.16. The van der Waals surface area contributed by atoms with Crippen LogP contribution < -0.4 is 23.7 Å². The number of esters is 2. The van der Waals surface area contributed by atoms with Crippen molar-refractivity contribution in [3.63, 3.8) is 0 Å². The largest absolute Gasteiger partial charge is 0.493 e. The van der Waals surface area contributed by atoms with Gasteiger partial charge in [-0.1, -0.05) is 12.7 Å². The molecule has 0 saturated carbocycles. The van der Waals surface area contributed by atoms with Gasteiger partial charge in [-0.15, -0.1) is 0 Å². The number of methoxy groups -OCH3 is 4.